The average molecular weight is 415 g/mol. The fraction of sp³-hybridized carbons (Fsp3) is 0.478. The van der Waals surface area contributed by atoms with E-state index in [9.17, 15) is 18.8 Å². The maximum absolute atomic E-state index is 13.6. The van der Waals surface area contributed by atoms with Crippen molar-refractivity contribution >= 4 is 23.4 Å². The highest BCUT2D eigenvalue weighted by atomic mass is 19.1. The number of hydrogen-bond acceptors (Lipinski definition) is 6. The molecule has 1 heterocycles. The van der Waals surface area contributed by atoms with E-state index in [1.54, 1.807) is 19.1 Å². The lowest BCUT2D eigenvalue weighted by atomic mass is 9.64. The molecule has 0 bridgehead atoms. The second kappa shape index (κ2) is 8.90. The molecule has 7 heteroatoms. The Kier molecular flexibility index (Phi) is 6.48. The Morgan fingerprint density at radius 1 is 1.20 bits per heavy atom. The highest BCUT2D eigenvalue weighted by Gasteiger charge is 2.51. The minimum atomic E-state index is -0.937. The van der Waals surface area contributed by atoms with Crippen molar-refractivity contribution in [2.75, 3.05) is 13.7 Å². The summed E-state index contributed by atoms with van der Waals surface area (Å²) in [5.41, 5.74) is 1.98. The van der Waals surface area contributed by atoms with Crippen LogP contribution < -0.4 is 0 Å². The highest BCUT2D eigenvalue weighted by molar-refractivity contribution is 6.17. The molecule has 0 spiro atoms. The van der Waals surface area contributed by atoms with Crippen molar-refractivity contribution < 1.29 is 28.2 Å². The van der Waals surface area contributed by atoms with Gasteiger partial charge >= 0.3 is 11.9 Å². The van der Waals surface area contributed by atoms with E-state index >= 15 is 0 Å². The van der Waals surface area contributed by atoms with Gasteiger partial charge in [0.25, 0.3) is 0 Å². The number of carbonyl (C=O) groups is 3. The lowest BCUT2D eigenvalue weighted by Crippen LogP contribution is -2.48. The van der Waals surface area contributed by atoms with Crippen LogP contribution in [0.2, 0.25) is 0 Å². The van der Waals surface area contributed by atoms with Gasteiger partial charge in [-0.05, 0) is 43.4 Å². The minimum Gasteiger partial charge on any atom is -0.468 e. The van der Waals surface area contributed by atoms with Crippen LogP contribution in [0.3, 0.4) is 0 Å². The zero-order valence-corrected chi connectivity index (χ0v) is 17.6. The maximum atomic E-state index is 13.6. The van der Waals surface area contributed by atoms with Crippen molar-refractivity contribution in [1.82, 2.24) is 0 Å². The van der Waals surface area contributed by atoms with Crippen molar-refractivity contribution in [3.05, 3.63) is 46.9 Å². The molecule has 0 unspecified atom stereocenters. The van der Waals surface area contributed by atoms with Gasteiger partial charge in [-0.2, -0.15) is 0 Å². The fourth-order valence-electron chi connectivity index (χ4n) is 4.40. The van der Waals surface area contributed by atoms with Crippen LogP contribution in [0.25, 0.3) is 0 Å². The summed E-state index contributed by atoms with van der Waals surface area (Å²) >= 11 is 0. The van der Waals surface area contributed by atoms with Gasteiger partial charge in [-0.1, -0.05) is 26.0 Å². The van der Waals surface area contributed by atoms with Gasteiger partial charge in [0.1, 0.15) is 11.7 Å². The molecule has 0 saturated heterocycles. The summed E-state index contributed by atoms with van der Waals surface area (Å²) in [6, 6.07) is 5.70. The second-order valence-corrected chi connectivity index (χ2v) is 7.83. The summed E-state index contributed by atoms with van der Waals surface area (Å²) < 4.78 is 23.8. The van der Waals surface area contributed by atoms with Crippen LogP contribution in [0.4, 0.5) is 4.39 Å². The van der Waals surface area contributed by atoms with E-state index < -0.39 is 35.5 Å². The van der Waals surface area contributed by atoms with Gasteiger partial charge in [0, 0.05) is 17.3 Å². The molecule has 0 N–H and O–H groups in total. The second-order valence-electron chi connectivity index (χ2n) is 7.83. The molecule has 1 aliphatic carbocycles. The fourth-order valence-corrected chi connectivity index (χ4v) is 4.40. The summed E-state index contributed by atoms with van der Waals surface area (Å²) in [4.78, 5) is 43.3. The molecule has 1 fully saturated rings. The van der Waals surface area contributed by atoms with Gasteiger partial charge in [0.2, 0.25) is 0 Å². The lowest BCUT2D eigenvalue weighted by molar-refractivity contribution is -0.152. The van der Waals surface area contributed by atoms with Gasteiger partial charge in [-0.3, -0.25) is 14.6 Å². The first-order valence-electron chi connectivity index (χ1n) is 10.1. The van der Waals surface area contributed by atoms with Crippen molar-refractivity contribution in [3.63, 3.8) is 0 Å². The molecule has 3 rings (SSSR count). The molecule has 4 atom stereocenters. The number of esters is 2. The third kappa shape index (κ3) is 3.93. The van der Waals surface area contributed by atoms with Gasteiger partial charge in [-0.25, -0.2) is 9.18 Å². The molecule has 1 aliphatic heterocycles. The number of fused-ring (bicyclic) bond motifs is 1. The van der Waals surface area contributed by atoms with Crippen molar-refractivity contribution in [2.24, 2.45) is 22.7 Å². The van der Waals surface area contributed by atoms with Crippen LogP contribution in [0, 0.1) is 23.6 Å². The van der Waals surface area contributed by atoms with Crippen LogP contribution in [-0.4, -0.2) is 37.2 Å². The number of ether oxygens (including phenoxy) is 2. The Morgan fingerprint density at radius 2 is 1.87 bits per heavy atom. The topological polar surface area (TPSA) is 82.0 Å². The third-order valence-electron chi connectivity index (χ3n) is 5.76. The Bertz CT molecular complexity index is 918. The Hall–Kier alpha value is -2.83. The number of allylic oxidation sites excluding steroid dienone is 1. The normalized spacial score (nSPS) is 26.0. The number of aliphatic imine (C=N–C) groups is 1. The smallest absolute Gasteiger partial charge is 0.336 e. The van der Waals surface area contributed by atoms with Gasteiger partial charge < -0.3 is 9.47 Å². The number of carbonyl (C=O) groups excluding carboxylic acids is 3. The van der Waals surface area contributed by atoms with Crippen molar-refractivity contribution in [2.45, 2.75) is 39.5 Å². The lowest BCUT2D eigenvalue weighted by Gasteiger charge is -2.40. The number of nitrogens with zero attached hydrogens (tertiary/aromatic N) is 1. The molecule has 1 aromatic carbocycles. The minimum absolute atomic E-state index is 0.239. The van der Waals surface area contributed by atoms with E-state index in [0.717, 1.165) is 0 Å². The molecule has 160 valence electrons. The summed E-state index contributed by atoms with van der Waals surface area (Å²) in [6.07, 6.45) is 1.08. The summed E-state index contributed by atoms with van der Waals surface area (Å²) in [5, 5.41) is 0. The van der Waals surface area contributed by atoms with E-state index in [1.165, 1.54) is 19.2 Å². The summed E-state index contributed by atoms with van der Waals surface area (Å²) in [6.45, 7) is 5.65. The molecule has 0 radical (unpaired) electrons. The monoisotopic (exact) mass is 415 g/mol. The summed E-state index contributed by atoms with van der Waals surface area (Å²) in [7, 11) is 1.25. The van der Waals surface area contributed by atoms with Crippen LogP contribution in [0.15, 0.2) is 40.5 Å². The van der Waals surface area contributed by atoms with Gasteiger partial charge in [-0.15, -0.1) is 0 Å². The van der Waals surface area contributed by atoms with Crippen LogP contribution in [-0.2, 0) is 23.9 Å². The Balaban J connectivity index is 2.14. The van der Waals surface area contributed by atoms with Crippen LogP contribution in [0.5, 0.6) is 0 Å². The SMILES string of the molecule is CCCOC(=O)C1=C(C)N=C2C[C@@H](C)[C@H](C(=O)OC)C(=O)[C@@H]2[C@H]1c1ccc(F)cc1. The first-order chi connectivity index (χ1) is 14.3. The van der Waals surface area contributed by atoms with Crippen molar-refractivity contribution in [1.29, 1.82) is 0 Å². The van der Waals surface area contributed by atoms with E-state index in [1.807, 2.05) is 13.8 Å². The largest absolute Gasteiger partial charge is 0.468 e. The molecule has 30 heavy (non-hydrogen) atoms. The average Bonchev–Trinajstić information content (AvgIpc) is 2.71. The standard InChI is InChI=1S/C23H26FNO5/c1-5-10-30-23(28)18-13(3)25-16-11-12(2)17(22(27)29-4)21(26)20(16)19(18)14-6-8-15(24)9-7-14/h6-9,12,17,19-20H,5,10-11H2,1-4H3/t12-,17+,19+,20+/m1/s1. The first-order valence-corrected chi connectivity index (χ1v) is 10.1. The molecular weight excluding hydrogens is 389 g/mol. The molecule has 0 aromatic heterocycles. The molecule has 2 aliphatic rings. The number of ketones is 1. The predicted octanol–water partition coefficient (Wildman–Crippen LogP) is 3.61. The predicted molar refractivity (Wildman–Crippen MR) is 108 cm³/mol. The third-order valence-corrected chi connectivity index (χ3v) is 5.76. The van der Waals surface area contributed by atoms with E-state index in [2.05, 4.69) is 4.99 Å². The molecule has 1 aromatic rings. The zero-order valence-electron chi connectivity index (χ0n) is 17.6. The van der Waals surface area contributed by atoms with Crippen LogP contribution >= 0.6 is 0 Å². The number of halogens is 1. The number of hydrogen-bond donors (Lipinski definition) is 0. The zero-order chi connectivity index (χ0) is 22.0. The quantitative estimate of drug-likeness (QED) is 0.542. The number of rotatable bonds is 5. The Labute approximate surface area is 175 Å². The van der Waals surface area contributed by atoms with Crippen LogP contribution in [0.1, 0.15) is 45.1 Å². The molecular formula is C23H26FNO5. The number of benzene rings is 1. The number of Topliss-reactive ketones (excluding diaryl/α,β-unsaturated/α-hetero) is 1. The van der Waals surface area contributed by atoms with Crippen molar-refractivity contribution in [3.8, 4) is 0 Å². The van der Waals surface area contributed by atoms with Gasteiger partial charge in [0.15, 0.2) is 5.78 Å². The molecule has 6 nitrogen and oxygen atoms in total. The summed E-state index contributed by atoms with van der Waals surface area (Å²) in [5.74, 6) is -4.60. The number of methoxy groups -OCH3 is 1. The van der Waals surface area contributed by atoms with Gasteiger partial charge in [0.05, 0.1) is 25.2 Å². The first kappa shape index (κ1) is 21.9. The van der Waals surface area contributed by atoms with E-state index in [-0.39, 0.29) is 23.9 Å². The highest BCUT2D eigenvalue weighted by Crippen LogP contribution is 2.45. The maximum Gasteiger partial charge on any atom is 0.336 e. The van der Waals surface area contributed by atoms with E-state index in [0.29, 0.717) is 29.8 Å². The molecule has 1 saturated carbocycles. The van der Waals surface area contributed by atoms with E-state index in [4.69, 9.17) is 9.47 Å². The molecule has 0 amide bonds. The Morgan fingerprint density at radius 3 is 2.47 bits per heavy atom.